The average Bonchev–Trinajstić information content (AvgIpc) is 2.04. The van der Waals surface area contributed by atoms with Crippen molar-refractivity contribution in [2.24, 2.45) is 5.73 Å². The number of rotatable bonds is 2. The maximum absolute atomic E-state index is 12.8. The van der Waals surface area contributed by atoms with Crippen molar-refractivity contribution in [1.29, 1.82) is 0 Å². The molecule has 2 N–H and O–H groups in total. The molecule has 0 bridgehead atoms. The number of primary amides is 1. The van der Waals surface area contributed by atoms with Crippen molar-refractivity contribution in [2.75, 3.05) is 0 Å². The highest BCUT2D eigenvalue weighted by atomic mass is 19.3. The fraction of sp³-hybridized carbons (Fsp3) is 0.125. The van der Waals surface area contributed by atoms with Crippen molar-refractivity contribution >= 4 is 5.91 Å². The molecule has 13 heavy (non-hydrogen) atoms. The number of carbonyl (C=O) groups excluding carboxylic acids is 1. The van der Waals surface area contributed by atoms with Gasteiger partial charge >= 0.3 is 5.92 Å². The van der Waals surface area contributed by atoms with Crippen LogP contribution in [-0.4, -0.2) is 5.91 Å². The molecule has 0 unspecified atom stereocenters. The summed E-state index contributed by atoms with van der Waals surface area (Å²) in [5.41, 5.74) is 3.42. The van der Waals surface area contributed by atoms with Gasteiger partial charge in [-0.15, -0.1) is 0 Å². The molecule has 0 atom stereocenters. The third kappa shape index (κ3) is 1.63. The van der Waals surface area contributed by atoms with E-state index >= 15 is 0 Å². The van der Waals surface area contributed by atoms with E-state index in [-0.39, 0.29) is 0 Å². The summed E-state index contributed by atoms with van der Waals surface area (Å²) in [6.45, 7) is 0. The Balaban J connectivity index is 3.22. The summed E-state index contributed by atoms with van der Waals surface area (Å²) in [7, 11) is 0. The molecular weight excluding hydrogens is 183 g/mol. The minimum atomic E-state index is -3.95. The maximum Gasteiger partial charge on any atom is 0.352 e. The third-order valence-electron chi connectivity index (χ3n) is 1.52. The zero-order chi connectivity index (χ0) is 10.1. The highest BCUT2D eigenvalue weighted by molar-refractivity contribution is 5.83. The summed E-state index contributed by atoms with van der Waals surface area (Å²) >= 11 is 0. The van der Waals surface area contributed by atoms with Gasteiger partial charge in [0.1, 0.15) is 5.82 Å². The Labute approximate surface area is 72.2 Å². The molecule has 0 aliphatic heterocycles. The standard InChI is InChI=1S/C8H6F3NO/c9-6-4-2-1-3-5(6)8(10,11)7(12)13/h1-4H,(H2,12,13). The van der Waals surface area contributed by atoms with E-state index in [4.69, 9.17) is 0 Å². The number of hydrogen-bond donors (Lipinski definition) is 1. The molecule has 0 fully saturated rings. The average molecular weight is 189 g/mol. The first-order chi connectivity index (χ1) is 5.96. The number of carbonyl (C=O) groups is 1. The Morgan fingerprint density at radius 1 is 1.31 bits per heavy atom. The van der Waals surface area contributed by atoms with Crippen molar-refractivity contribution in [1.82, 2.24) is 0 Å². The van der Waals surface area contributed by atoms with Crippen molar-refractivity contribution in [3.05, 3.63) is 35.6 Å². The molecule has 0 heterocycles. The van der Waals surface area contributed by atoms with Crippen LogP contribution in [0.5, 0.6) is 0 Å². The first kappa shape index (κ1) is 9.57. The Hall–Kier alpha value is -1.52. The lowest BCUT2D eigenvalue weighted by Crippen LogP contribution is -2.33. The molecule has 1 rings (SSSR count). The minimum Gasteiger partial charge on any atom is -0.364 e. The fourth-order valence-electron chi connectivity index (χ4n) is 0.849. The summed E-state index contributed by atoms with van der Waals surface area (Å²) < 4.78 is 38.4. The van der Waals surface area contributed by atoms with Gasteiger partial charge < -0.3 is 5.73 Å². The van der Waals surface area contributed by atoms with E-state index in [0.717, 1.165) is 12.1 Å². The molecule has 0 aliphatic carbocycles. The second kappa shape index (κ2) is 3.08. The first-order valence-electron chi connectivity index (χ1n) is 3.39. The van der Waals surface area contributed by atoms with Crippen LogP contribution in [0.1, 0.15) is 5.56 Å². The zero-order valence-corrected chi connectivity index (χ0v) is 6.43. The molecule has 70 valence electrons. The summed E-state index contributed by atoms with van der Waals surface area (Å²) in [5.74, 6) is -6.96. The third-order valence-corrected chi connectivity index (χ3v) is 1.52. The van der Waals surface area contributed by atoms with Gasteiger partial charge in [0, 0.05) is 0 Å². The molecule has 1 aromatic carbocycles. The van der Waals surface area contributed by atoms with Gasteiger partial charge in [-0.3, -0.25) is 4.79 Å². The second-order valence-electron chi connectivity index (χ2n) is 2.42. The number of nitrogens with two attached hydrogens (primary N) is 1. The Morgan fingerprint density at radius 3 is 2.31 bits per heavy atom. The van der Waals surface area contributed by atoms with E-state index in [1.54, 1.807) is 0 Å². The molecule has 0 saturated heterocycles. The van der Waals surface area contributed by atoms with Gasteiger partial charge in [0.05, 0.1) is 5.56 Å². The van der Waals surface area contributed by atoms with Gasteiger partial charge in [-0.05, 0) is 12.1 Å². The van der Waals surface area contributed by atoms with Crippen LogP contribution in [0.3, 0.4) is 0 Å². The van der Waals surface area contributed by atoms with Crippen molar-refractivity contribution in [3.8, 4) is 0 Å². The molecule has 0 radical (unpaired) electrons. The number of alkyl halides is 2. The smallest absolute Gasteiger partial charge is 0.352 e. The predicted octanol–water partition coefficient (Wildman–Crippen LogP) is 1.40. The summed E-state index contributed by atoms with van der Waals surface area (Å²) in [6.07, 6.45) is 0. The van der Waals surface area contributed by atoms with Crippen LogP contribution in [0.15, 0.2) is 24.3 Å². The van der Waals surface area contributed by atoms with Gasteiger partial charge in [-0.2, -0.15) is 8.78 Å². The lowest BCUT2D eigenvalue weighted by Gasteiger charge is -2.12. The molecular formula is C8H6F3NO. The second-order valence-corrected chi connectivity index (χ2v) is 2.42. The molecule has 0 saturated carbocycles. The number of amides is 1. The zero-order valence-electron chi connectivity index (χ0n) is 6.43. The molecule has 0 aromatic heterocycles. The Morgan fingerprint density at radius 2 is 1.85 bits per heavy atom. The largest absolute Gasteiger partial charge is 0.364 e. The minimum absolute atomic E-state index is 0.820. The highest BCUT2D eigenvalue weighted by Crippen LogP contribution is 2.29. The Bertz CT molecular complexity index is 338. The van der Waals surface area contributed by atoms with E-state index in [9.17, 15) is 18.0 Å². The predicted molar refractivity (Wildman–Crippen MR) is 39.5 cm³/mol. The molecule has 5 heteroatoms. The van der Waals surface area contributed by atoms with Crippen LogP contribution < -0.4 is 5.73 Å². The van der Waals surface area contributed by atoms with Crippen LogP contribution >= 0.6 is 0 Å². The van der Waals surface area contributed by atoms with Crippen LogP contribution in [0, 0.1) is 5.82 Å². The molecule has 1 amide bonds. The number of halogens is 3. The lowest BCUT2D eigenvalue weighted by atomic mass is 10.1. The molecule has 0 spiro atoms. The van der Waals surface area contributed by atoms with Crippen molar-refractivity contribution < 1.29 is 18.0 Å². The number of benzene rings is 1. The molecule has 2 nitrogen and oxygen atoms in total. The van der Waals surface area contributed by atoms with Crippen molar-refractivity contribution in [2.45, 2.75) is 5.92 Å². The monoisotopic (exact) mass is 189 g/mol. The summed E-state index contributed by atoms with van der Waals surface area (Å²) in [6, 6.07) is 4.11. The van der Waals surface area contributed by atoms with Gasteiger partial charge in [-0.25, -0.2) is 4.39 Å². The number of hydrogen-bond acceptors (Lipinski definition) is 1. The maximum atomic E-state index is 12.8. The van der Waals surface area contributed by atoms with E-state index in [1.165, 1.54) is 12.1 Å². The molecule has 0 aliphatic rings. The van der Waals surface area contributed by atoms with Gasteiger partial charge in [-0.1, -0.05) is 12.1 Å². The normalized spacial score (nSPS) is 11.3. The topological polar surface area (TPSA) is 43.1 Å². The van der Waals surface area contributed by atoms with Crippen molar-refractivity contribution in [3.63, 3.8) is 0 Å². The highest BCUT2D eigenvalue weighted by Gasteiger charge is 2.40. The fourth-order valence-corrected chi connectivity index (χ4v) is 0.849. The lowest BCUT2D eigenvalue weighted by molar-refractivity contribution is -0.143. The van der Waals surface area contributed by atoms with E-state index in [2.05, 4.69) is 5.73 Å². The Kier molecular flexibility index (Phi) is 2.27. The van der Waals surface area contributed by atoms with Gasteiger partial charge in [0.2, 0.25) is 0 Å². The van der Waals surface area contributed by atoms with Gasteiger partial charge in [0.15, 0.2) is 0 Å². The summed E-state index contributed by atoms with van der Waals surface area (Å²) in [5, 5.41) is 0. The van der Waals surface area contributed by atoms with E-state index in [0.29, 0.717) is 0 Å². The van der Waals surface area contributed by atoms with Crippen LogP contribution in [0.2, 0.25) is 0 Å². The van der Waals surface area contributed by atoms with Crippen LogP contribution in [-0.2, 0) is 10.7 Å². The van der Waals surface area contributed by atoms with Crippen LogP contribution in [0.4, 0.5) is 13.2 Å². The van der Waals surface area contributed by atoms with Gasteiger partial charge in [0.25, 0.3) is 5.91 Å². The van der Waals surface area contributed by atoms with E-state index in [1.807, 2.05) is 0 Å². The summed E-state index contributed by atoms with van der Waals surface area (Å²) in [4.78, 5) is 10.3. The quantitative estimate of drug-likeness (QED) is 0.750. The van der Waals surface area contributed by atoms with Crippen LogP contribution in [0.25, 0.3) is 0 Å². The molecule has 1 aromatic rings. The van der Waals surface area contributed by atoms with E-state index < -0.39 is 23.2 Å². The SMILES string of the molecule is NC(=O)C(F)(F)c1ccccc1F. The first-order valence-corrected chi connectivity index (χ1v) is 3.39.